The highest BCUT2D eigenvalue weighted by molar-refractivity contribution is 5.60. The van der Waals surface area contributed by atoms with Gasteiger partial charge >= 0.3 is 0 Å². The molecule has 0 heterocycles. The van der Waals surface area contributed by atoms with Crippen molar-refractivity contribution in [2.24, 2.45) is 11.8 Å². The number of anilines is 2. The molecule has 0 aliphatic heterocycles. The molecule has 0 bridgehead atoms. The zero-order valence-electron chi connectivity index (χ0n) is 51.2. The monoisotopic (exact) mass is 1010 g/mol. The van der Waals surface area contributed by atoms with Crippen molar-refractivity contribution in [1.29, 1.82) is 0 Å². The lowest BCUT2D eigenvalue weighted by Crippen LogP contribution is -2.27. The number of unbranched alkanes of at least 4 members (excludes halogenated alkanes) is 34. The van der Waals surface area contributed by atoms with E-state index in [2.05, 4.69) is 109 Å². The zero-order valence-corrected chi connectivity index (χ0v) is 51.2. The summed E-state index contributed by atoms with van der Waals surface area (Å²) < 4.78 is 0. The maximum Gasteiger partial charge on any atom is 0.0384 e. The molecule has 4 unspecified atom stereocenters. The summed E-state index contributed by atoms with van der Waals surface area (Å²) in [5, 5.41) is 3.88. The third kappa shape index (κ3) is 33.9. The van der Waals surface area contributed by atoms with Crippen molar-refractivity contribution in [3.05, 3.63) is 59.7 Å². The molecule has 424 valence electrons. The lowest BCUT2D eigenvalue weighted by molar-refractivity contribution is 0.233. The Labute approximate surface area is 460 Å². The first-order chi connectivity index (χ1) is 35.8. The van der Waals surface area contributed by atoms with E-state index in [1.165, 1.54) is 320 Å². The van der Waals surface area contributed by atoms with Crippen LogP contribution in [0, 0.1) is 11.8 Å². The van der Waals surface area contributed by atoms with Crippen LogP contribution in [0.2, 0.25) is 0 Å². The average Bonchev–Trinajstić information content (AvgIpc) is 3.39. The van der Waals surface area contributed by atoms with Crippen molar-refractivity contribution in [2.45, 2.75) is 374 Å². The van der Waals surface area contributed by atoms with Crippen LogP contribution in [0.5, 0.6) is 0 Å². The highest BCUT2D eigenvalue weighted by Crippen LogP contribution is 2.42. The summed E-state index contributed by atoms with van der Waals surface area (Å²) in [5.41, 5.74) is 6.10. The largest absolute Gasteiger partial charge is 0.356 e. The van der Waals surface area contributed by atoms with Crippen molar-refractivity contribution in [1.82, 2.24) is 0 Å². The second-order valence-corrected chi connectivity index (χ2v) is 25.2. The van der Waals surface area contributed by atoms with Gasteiger partial charge in [0, 0.05) is 11.4 Å². The molecule has 2 aromatic rings. The maximum absolute atomic E-state index is 3.88. The third-order valence-electron chi connectivity index (χ3n) is 18.0. The molecule has 0 saturated heterocycles. The maximum atomic E-state index is 3.88. The van der Waals surface area contributed by atoms with E-state index in [9.17, 15) is 0 Å². The van der Waals surface area contributed by atoms with Gasteiger partial charge in [-0.2, -0.15) is 0 Å². The molecule has 2 rings (SSSR count). The standard InChI is InChI=1S/C72H131N/c1-9-15-21-27-33-35-39-44-50-65(49-43-37-29-23-17-11-3)63-66(51-45-38-30-24-18-12-4)64-72(8,62-48-41-32-26-20-14-6)68-54-58-70(59-55-68)73-69-56-52-67(53-57-69)71(7,60-46-40-31-25-19-13-5)61-47-42-36-34-28-22-16-10-2/h52-59,65-66,73H,9-51,60-64H2,1-8H3. The summed E-state index contributed by atoms with van der Waals surface area (Å²) in [5.74, 6) is 1.74. The fourth-order valence-corrected chi connectivity index (χ4v) is 12.9. The number of hydrogen-bond donors (Lipinski definition) is 1. The van der Waals surface area contributed by atoms with Crippen molar-refractivity contribution < 1.29 is 0 Å². The van der Waals surface area contributed by atoms with Gasteiger partial charge in [0.15, 0.2) is 0 Å². The minimum atomic E-state index is 0.219. The van der Waals surface area contributed by atoms with Crippen molar-refractivity contribution in [3.63, 3.8) is 0 Å². The summed E-state index contributed by atoms with van der Waals surface area (Å²) >= 11 is 0. The Hall–Kier alpha value is -1.76. The van der Waals surface area contributed by atoms with E-state index in [0.29, 0.717) is 0 Å². The van der Waals surface area contributed by atoms with Gasteiger partial charge in [-0.25, -0.2) is 0 Å². The van der Waals surface area contributed by atoms with Crippen LogP contribution in [0.3, 0.4) is 0 Å². The van der Waals surface area contributed by atoms with Gasteiger partial charge in [0.05, 0.1) is 0 Å². The Kier molecular flexibility index (Phi) is 42.8. The van der Waals surface area contributed by atoms with Crippen LogP contribution in [-0.4, -0.2) is 0 Å². The Morgan fingerprint density at radius 2 is 0.534 bits per heavy atom. The molecule has 0 spiro atoms. The molecule has 0 saturated carbocycles. The predicted molar refractivity (Wildman–Crippen MR) is 334 cm³/mol. The van der Waals surface area contributed by atoms with Gasteiger partial charge in [-0.3, -0.25) is 0 Å². The van der Waals surface area contributed by atoms with Crippen LogP contribution in [-0.2, 0) is 10.8 Å². The molecule has 4 atom stereocenters. The van der Waals surface area contributed by atoms with Gasteiger partial charge in [-0.15, -0.1) is 0 Å². The highest BCUT2D eigenvalue weighted by Gasteiger charge is 2.31. The third-order valence-corrected chi connectivity index (χ3v) is 18.0. The van der Waals surface area contributed by atoms with Gasteiger partial charge in [-0.05, 0) is 90.2 Å². The van der Waals surface area contributed by atoms with Crippen molar-refractivity contribution >= 4 is 11.4 Å². The van der Waals surface area contributed by atoms with Crippen LogP contribution >= 0.6 is 0 Å². The first kappa shape index (κ1) is 67.3. The number of nitrogens with one attached hydrogen (secondary N) is 1. The molecule has 73 heavy (non-hydrogen) atoms. The Morgan fingerprint density at radius 1 is 0.288 bits per heavy atom. The first-order valence-electron chi connectivity index (χ1n) is 33.7. The molecule has 0 aromatic heterocycles. The highest BCUT2D eigenvalue weighted by atomic mass is 14.9. The van der Waals surface area contributed by atoms with Crippen LogP contribution in [0.25, 0.3) is 0 Å². The molecule has 0 radical (unpaired) electrons. The van der Waals surface area contributed by atoms with Gasteiger partial charge in [0.1, 0.15) is 0 Å². The van der Waals surface area contributed by atoms with Gasteiger partial charge in [0.2, 0.25) is 0 Å². The SMILES string of the molecule is CCCCCCCCCCC(CCCCCCCC)CC(CCCCCCCC)CC(C)(CCCCCCCC)c1ccc(Nc2ccc(C(C)(CCCCCCCC)CCCCCCCCCC)cc2)cc1. The smallest absolute Gasteiger partial charge is 0.0384 e. The Bertz CT molecular complexity index is 1440. The second kappa shape index (κ2) is 46.3. The van der Waals surface area contributed by atoms with E-state index in [1.807, 2.05) is 0 Å². The Balaban J connectivity index is 2.31. The summed E-state index contributed by atoms with van der Waals surface area (Å²) in [7, 11) is 0. The molecular formula is C72H131N. The number of benzene rings is 2. The molecule has 2 aromatic carbocycles. The first-order valence-corrected chi connectivity index (χ1v) is 33.7. The van der Waals surface area contributed by atoms with E-state index in [4.69, 9.17) is 0 Å². The molecule has 0 amide bonds. The molecule has 1 heteroatoms. The molecule has 1 nitrogen and oxygen atoms in total. The van der Waals surface area contributed by atoms with Crippen LogP contribution in [0.15, 0.2) is 48.5 Å². The summed E-state index contributed by atoms with van der Waals surface area (Å²) in [6.07, 6.45) is 67.5. The minimum absolute atomic E-state index is 0.219. The van der Waals surface area contributed by atoms with Gasteiger partial charge in [-0.1, -0.05) is 356 Å². The quantitative estimate of drug-likeness (QED) is 0.0651. The number of hydrogen-bond acceptors (Lipinski definition) is 1. The summed E-state index contributed by atoms with van der Waals surface area (Å²) in [6, 6.07) is 19.7. The van der Waals surface area contributed by atoms with Crippen LogP contribution < -0.4 is 5.32 Å². The second-order valence-electron chi connectivity index (χ2n) is 25.2. The molecular weight excluding hydrogens is 879 g/mol. The Morgan fingerprint density at radius 3 is 0.849 bits per heavy atom. The summed E-state index contributed by atoms with van der Waals surface area (Å²) in [6.45, 7) is 19.4. The molecule has 0 aliphatic carbocycles. The molecule has 1 N–H and O–H groups in total. The van der Waals surface area contributed by atoms with E-state index in [-0.39, 0.29) is 10.8 Å². The topological polar surface area (TPSA) is 12.0 Å². The lowest BCUT2D eigenvalue weighted by Gasteiger charge is -2.36. The van der Waals surface area contributed by atoms with E-state index in [1.54, 1.807) is 11.1 Å². The van der Waals surface area contributed by atoms with Crippen LogP contribution in [0.1, 0.15) is 375 Å². The van der Waals surface area contributed by atoms with Gasteiger partial charge < -0.3 is 5.32 Å². The predicted octanol–water partition coefficient (Wildman–Crippen LogP) is 26.0. The molecule has 0 fully saturated rings. The van der Waals surface area contributed by atoms with E-state index in [0.717, 1.165) is 11.8 Å². The summed E-state index contributed by atoms with van der Waals surface area (Å²) in [4.78, 5) is 0. The zero-order chi connectivity index (χ0) is 52.8. The number of rotatable bonds is 54. The molecule has 0 aliphatic rings. The van der Waals surface area contributed by atoms with Crippen molar-refractivity contribution in [3.8, 4) is 0 Å². The lowest BCUT2D eigenvalue weighted by atomic mass is 9.69. The van der Waals surface area contributed by atoms with E-state index >= 15 is 0 Å². The van der Waals surface area contributed by atoms with Crippen molar-refractivity contribution in [2.75, 3.05) is 5.32 Å². The fraction of sp³-hybridized carbons (Fsp3) is 0.833. The minimum Gasteiger partial charge on any atom is -0.356 e. The fourth-order valence-electron chi connectivity index (χ4n) is 12.9. The van der Waals surface area contributed by atoms with Gasteiger partial charge in [0.25, 0.3) is 0 Å². The average molecular weight is 1010 g/mol. The van der Waals surface area contributed by atoms with Crippen LogP contribution in [0.4, 0.5) is 11.4 Å². The van der Waals surface area contributed by atoms with E-state index < -0.39 is 0 Å². The normalized spacial score (nSPS) is 14.3.